The number of rotatable bonds is 35. The molecule has 0 amide bonds. The van der Waals surface area contributed by atoms with E-state index in [0.717, 1.165) is 32.1 Å². The summed E-state index contributed by atoms with van der Waals surface area (Å²) in [6.45, 7) is -2.94. The number of phosphoric ester groups is 1. The number of carbonyl (C=O) groups is 1. The molecule has 31 nitrogen and oxygen atoms in total. The first kappa shape index (κ1) is 73.3. The van der Waals surface area contributed by atoms with Crippen molar-refractivity contribution in [2.24, 2.45) is 5.92 Å². The number of esters is 1. The number of hydrogen-bond acceptors (Lipinski definition) is 30. The van der Waals surface area contributed by atoms with Gasteiger partial charge in [0.2, 0.25) is 0 Å². The van der Waals surface area contributed by atoms with Crippen LogP contribution in [0.15, 0.2) is 0 Å². The molecule has 32 heteroatoms. The number of aliphatic hydroxyl groups excluding tert-OH is 18. The quantitative estimate of drug-likeness (QED) is 0.0160. The van der Waals surface area contributed by atoms with Crippen LogP contribution in [-0.4, -0.2) is 302 Å². The Morgan fingerprint density at radius 1 is 0.452 bits per heavy atom. The molecule has 494 valence electrons. The van der Waals surface area contributed by atoms with Crippen LogP contribution in [0.3, 0.4) is 0 Å². The first-order valence-corrected chi connectivity index (χ1v) is 30.8. The summed E-state index contributed by atoms with van der Waals surface area (Å²) in [5.74, 6) is -2.56. The van der Waals surface area contributed by atoms with Gasteiger partial charge in [0.05, 0.1) is 45.2 Å². The van der Waals surface area contributed by atoms with Crippen molar-refractivity contribution >= 4 is 13.8 Å². The molecule has 5 fully saturated rings. The lowest BCUT2D eigenvalue weighted by Gasteiger charge is -2.50. The molecule has 4 heterocycles. The van der Waals surface area contributed by atoms with E-state index in [1.165, 1.54) is 57.8 Å². The minimum absolute atomic E-state index is 0.0367. The summed E-state index contributed by atoms with van der Waals surface area (Å²) in [6.07, 6.45) is -34.9. The average molecular weight is 1250 g/mol. The number of carbonyl (C=O) groups excluding carboxylic acids is 1. The molecule has 0 spiro atoms. The van der Waals surface area contributed by atoms with Crippen molar-refractivity contribution in [1.29, 1.82) is 0 Å². The highest BCUT2D eigenvalue weighted by atomic mass is 31.2. The second kappa shape index (κ2) is 35.8. The van der Waals surface area contributed by atoms with Gasteiger partial charge in [-0.15, -0.1) is 0 Å². The minimum Gasteiger partial charge on any atom is -0.463 e. The molecular weight excluding hydrogens is 1150 g/mol. The van der Waals surface area contributed by atoms with Gasteiger partial charge in [-0.2, -0.15) is 0 Å². The summed E-state index contributed by atoms with van der Waals surface area (Å²) in [5, 5.41) is 192. The lowest BCUT2D eigenvalue weighted by atomic mass is 9.74. The fourth-order valence-corrected chi connectivity index (χ4v) is 11.9. The van der Waals surface area contributed by atoms with Gasteiger partial charge in [0.15, 0.2) is 18.9 Å². The van der Waals surface area contributed by atoms with E-state index in [-0.39, 0.29) is 6.42 Å². The Bertz CT molecular complexity index is 1900. The maximum absolute atomic E-state index is 13.8. The summed E-state index contributed by atoms with van der Waals surface area (Å²) < 4.78 is 68.4. The van der Waals surface area contributed by atoms with E-state index in [1.807, 2.05) is 0 Å². The van der Waals surface area contributed by atoms with Crippen molar-refractivity contribution < 1.29 is 153 Å². The van der Waals surface area contributed by atoms with Gasteiger partial charge in [-0.3, -0.25) is 13.8 Å². The summed E-state index contributed by atoms with van der Waals surface area (Å²) in [5.41, 5.74) is 0. The van der Waals surface area contributed by atoms with Crippen molar-refractivity contribution in [2.45, 2.75) is 275 Å². The summed E-state index contributed by atoms with van der Waals surface area (Å²) in [6, 6.07) is 0. The molecule has 0 aromatic carbocycles. The highest BCUT2D eigenvalue weighted by Gasteiger charge is 2.58. The molecule has 0 aromatic rings. The third kappa shape index (κ3) is 20.6. The van der Waals surface area contributed by atoms with Crippen LogP contribution in [0.1, 0.15) is 116 Å². The predicted octanol–water partition coefficient (Wildman–Crippen LogP) is -5.57. The molecule has 12 unspecified atom stereocenters. The molecule has 0 bridgehead atoms. The van der Waals surface area contributed by atoms with Crippen molar-refractivity contribution in [1.82, 2.24) is 0 Å². The average Bonchev–Trinajstić information content (AvgIpc) is 3.62. The monoisotopic (exact) mass is 1250 g/mol. The van der Waals surface area contributed by atoms with Crippen LogP contribution in [0.2, 0.25) is 0 Å². The topological polar surface area (TPSA) is 511 Å². The second-order valence-electron chi connectivity index (χ2n) is 22.6. The van der Waals surface area contributed by atoms with Crippen LogP contribution in [0, 0.1) is 5.92 Å². The van der Waals surface area contributed by atoms with E-state index >= 15 is 0 Å². The summed E-state index contributed by atoms with van der Waals surface area (Å²) in [4.78, 5) is 23.6. The van der Waals surface area contributed by atoms with E-state index in [9.17, 15) is 106 Å². The van der Waals surface area contributed by atoms with Crippen LogP contribution >= 0.6 is 7.82 Å². The minimum atomic E-state index is -5.61. The fourth-order valence-electron chi connectivity index (χ4n) is 10.9. The van der Waals surface area contributed by atoms with E-state index in [2.05, 4.69) is 6.92 Å². The van der Waals surface area contributed by atoms with Crippen molar-refractivity contribution in [3.63, 3.8) is 0 Å². The molecule has 84 heavy (non-hydrogen) atoms. The number of hydrogen-bond donors (Lipinski definition) is 19. The first-order valence-electron chi connectivity index (χ1n) is 29.3. The van der Waals surface area contributed by atoms with Gasteiger partial charge in [-0.25, -0.2) is 4.57 Å². The zero-order valence-corrected chi connectivity index (χ0v) is 48.1. The second-order valence-corrected chi connectivity index (χ2v) is 24.0. The van der Waals surface area contributed by atoms with E-state index in [0.29, 0.717) is 6.42 Å². The Hall–Kier alpha value is -1.42. The van der Waals surface area contributed by atoms with Crippen molar-refractivity contribution in [3.8, 4) is 0 Å². The Morgan fingerprint density at radius 3 is 1.33 bits per heavy atom. The van der Waals surface area contributed by atoms with Gasteiger partial charge in [-0.05, 0) is 12.8 Å². The maximum atomic E-state index is 13.8. The van der Waals surface area contributed by atoms with Crippen molar-refractivity contribution in [2.75, 3.05) is 39.6 Å². The van der Waals surface area contributed by atoms with Crippen LogP contribution in [0.5, 0.6) is 0 Å². The zero-order chi connectivity index (χ0) is 62.0. The van der Waals surface area contributed by atoms with Gasteiger partial charge in [0.1, 0.15) is 135 Å². The smallest absolute Gasteiger partial charge is 0.463 e. The number of unbranched alkanes of at least 4 members (excludes halogenated alkanes) is 14. The molecule has 4 saturated heterocycles. The fraction of sp³-hybridized carbons (Fsp3) is 0.981. The van der Waals surface area contributed by atoms with E-state index < -0.39 is 225 Å². The molecule has 1 saturated carbocycles. The zero-order valence-electron chi connectivity index (χ0n) is 47.2. The largest absolute Gasteiger partial charge is 0.472 e. The number of ether oxygens (including phenoxy) is 8. The summed E-state index contributed by atoms with van der Waals surface area (Å²) in [7, 11) is -5.61. The molecule has 0 radical (unpaired) electrons. The molecule has 19 N–H and O–H groups in total. The van der Waals surface area contributed by atoms with Crippen LogP contribution in [-0.2, 0) is 56.3 Å². The molecule has 0 aromatic heterocycles. The lowest BCUT2D eigenvalue weighted by molar-refractivity contribution is -0.339. The molecule has 5 aliphatic rings. The van der Waals surface area contributed by atoms with Gasteiger partial charge in [0, 0.05) is 12.3 Å². The maximum Gasteiger partial charge on any atom is 0.472 e. The number of phosphoric acid groups is 1. The highest BCUT2D eigenvalue weighted by Crippen LogP contribution is 2.50. The molecule has 5 rings (SSSR count). The third-order valence-electron chi connectivity index (χ3n) is 16.1. The Kier molecular flexibility index (Phi) is 31.3. The Morgan fingerprint density at radius 2 is 0.845 bits per heavy atom. The predicted molar refractivity (Wildman–Crippen MR) is 281 cm³/mol. The van der Waals surface area contributed by atoms with Crippen molar-refractivity contribution in [3.05, 3.63) is 0 Å². The first-order chi connectivity index (χ1) is 39.9. The highest BCUT2D eigenvalue weighted by molar-refractivity contribution is 7.47. The molecule has 1 aliphatic carbocycles. The van der Waals surface area contributed by atoms with Gasteiger partial charge < -0.3 is 135 Å². The normalized spacial score (nSPS) is 41.4. The summed E-state index contributed by atoms with van der Waals surface area (Å²) >= 11 is 0. The van der Waals surface area contributed by atoms with Crippen LogP contribution in [0.4, 0.5) is 0 Å². The third-order valence-corrected chi connectivity index (χ3v) is 17.1. The van der Waals surface area contributed by atoms with E-state index in [4.69, 9.17) is 46.9 Å². The Labute approximate surface area is 486 Å². The molecular formula is C52H95O31P. The van der Waals surface area contributed by atoms with E-state index in [1.54, 1.807) is 0 Å². The van der Waals surface area contributed by atoms with Gasteiger partial charge in [-0.1, -0.05) is 96.8 Å². The lowest BCUT2D eigenvalue weighted by Crippen LogP contribution is -2.67. The van der Waals surface area contributed by atoms with Gasteiger partial charge in [0.25, 0.3) is 0 Å². The van der Waals surface area contributed by atoms with Gasteiger partial charge >= 0.3 is 13.8 Å². The molecule has 4 aliphatic heterocycles. The molecule has 28 atom stereocenters. The SMILES string of the molecule is CCCCCCCCCCCCCCCCCC(=O)OC[C@@H](O)COP(=O)(O)O[C@@H]1C(C[C@@H]2OC(CO[C@@H]3OC(CO[C@@H]4OC(CO)[C@H](O)C(O)[C@@H]4O)[C@H](O)C(O)[C@@H]3O)[C@H](O)C(O)[C@@H]2O)C(O)[C@@H](O)C(O)[C@H]1O[C@H]1OC(CO)[C@@H](O)C(O)[C@H]1O. The Balaban J connectivity index is 1.21. The van der Waals surface area contributed by atoms with Crippen LogP contribution in [0.25, 0.3) is 0 Å². The van der Waals surface area contributed by atoms with Crippen LogP contribution < -0.4 is 0 Å². The number of aliphatic hydroxyl groups is 18. The standard InChI is InChI=1S/C52H95O31P/c1-2-3-4-5-6-7-8-9-10-11-12-13-14-15-16-17-32(56)74-21-25(55)22-77-84(72,73)83-48-26(33(57)39(63)44(68)49(48)82-52-47(71)42(66)36(60)29(20-54)80-52)18-27-34(58)40(64)37(61)30(78-27)23-75-51-46(70)43(67)38(62)31(81-51)24-76-50-45(69)41(65)35(59)28(19-53)79-50/h25-31,33-55,57-71H,2-24H2,1H3,(H,72,73)/t25-,26?,27+,28?,29?,30?,31?,33?,34-,35+,36-,37+,38+,39-,40?,41?,42?,43?,44?,45+,46+,47-,48-,49-,50-,51-,52-/m1/s1.